The van der Waals surface area contributed by atoms with E-state index in [0.717, 1.165) is 55.0 Å². The Morgan fingerprint density at radius 2 is 1.97 bits per heavy atom. The second kappa shape index (κ2) is 7.26. The number of nitrogens with zero attached hydrogens (tertiary/aromatic N) is 5. The van der Waals surface area contributed by atoms with Crippen LogP contribution in [0, 0.1) is 17.2 Å². The fourth-order valence-electron chi connectivity index (χ4n) is 4.92. The average molecular weight is 383 g/mol. The molecule has 1 aromatic carbocycles. The summed E-state index contributed by atoms with van der Waals surface area (Å²) in [6.07, 6.45) is 6.25. The summed E-state index contributed by atoms with van der Waals surface area (Å²) in [6, 6.07) is 13.6. The van der Waals surface area contributed by atoms with Crippen LogP contribution in [0.1, 0.15) is 29.2 Å². The van der Waals surface area contributed by atoms with Gasteiger partial charge in [-0.3, -0.25) is 9.69 Å². The number of rotatable bonds is 3. The van der Waals surface area contributed by atoms with Crippen molar-refractivity contribution in [1.82, 2.24) is 19.4 Å². The summed E-state index contributed by atoms with van der Waals surface area (Å²) >= 11 is 0. The molecule has 0 radical (unpaired) electrons. The van der Waals surface area contributed by atoms with Gasteiger partial charge in [-0.25, -0.2) is 9.97 Å². The smallest absolute Gasteiger partial charge is 0.250 e. The molecule has 144 valence electrons. The topological polar surface area (TPSA) is 74.8 Å². The molecule has 0 saturated carbocycles. The third kappa shape index (κ3) is 3.34. The first-order chi connectivity index (χ1) is 14.2. The van der Waals surface area contributed by atoms with Crippen molar-refractivity contribution in [1.29, 1.82) is 5.26 Å². The van der Waals surface area contributed by atoms with Crippen LogP contribution in [0.2, 0.25) is 0 Å². The molecule has 2 bridgehead atoms. The number of benzene rings is 1. The summed E-state index contributed by atoms with van der Waals surface area (Å²) in [7, 11) is 0. The van der Waals surface area contributed by atoms with Gasteiger partial charge in [-0.05, 0) is 36.1 Å². The molecule has 0 spiro atoms. The zero-order valence-corrected chi connectivity index (χ0v) is 16.0. The molecule has 1 fully saturated rings. The van der Waals surface area contributed by atoms with Crippen molar-refractivity contribution >= 4 is 0 Å². The van der Waals surface area contributed by atoms with Gasteiger partial charge >= 0.3 is 0 Å². The quantitative estimate of drug-likeness (QED) is 0.695. The molecule has 2 atom stereocenters. The Kier molecular flexibility index (Phi) is 4.45. The van der Waals surface area contributed by atoms with Crippen molar-refractivity contribution in [3.05, 3.63) is 82.3 Å². The maximum absolute atomic E-state index is 12.6. The van der Waals surface area contributed by atoms with Crippen molar-refractivity contribution in [3.63, 3.8) is 0 Å². The minimum absolute atomic E-state index is 0.0745. The molecule has 2 aliphatic heterocycles. The minimum Gasteiger partial charge on any atom is -0.311 e. The molecule has 2 aliphatic rings. The van der Waals surface area contributed by atoms with E-state index >= 15 is 0 Å². The van der Waals surface area contributed by atoms with E-state index in [1.54, 1.807) is 6.07 Å². The van der Waals surface area contributed by atoms with Gasteiger partial charge in [0.1, 0.15) is 6.33 Å². The van der Waals surface area contributed by atoms with Crippen LogP contribution in [0.3, 0.4) is 0 Å². The number of pyridine rings is 1. The highest BCUT2D eigenvalue weighted by molar-refractivity contribution is 5.65. The normalized spacial score (nSPS) is 20.7. The Morgan fingerprint density at radius 1 is 1.10 bits per heavy atom. The van der Waals surface area contributed by atoms with Crippen LogP contribution in [0.15, 0.2) is 59.9 Å². The lowest BCUT2D eigenvalue weighted by atomic mass is 9.80. The molecule has 6 heteroatoms. The third-order valence-electron chi connectivity index (χ3n) is 6.00. The van der Waals surface area contributed by atoms with Gasteiger partial charge in [-0.1, -0.05) is 12.1 Å². The monoisotopic (exact) mass is 383 g/mol. The zero-order valence-electron chi connectivity index (χ0n) is 16.0. The Morgan fingerprint density at radius 3 is 2.79 bits per heavy atom. The second-order valence-electron chi connectivity index (χ2n) is 8.01. The number of fused-ring (bicyclic) bond motifs is 4. The molecular weight excluding hydrogens is 362 g/mol. The van der Waals surface area contributed by atoms with Crippen LogP contribution >= 0.6 is 0 Å². The Hall–Kier alpha value is -3.30. The van der Waals surface area contributed by atoms with Crippen molar-refractivity contribution in [2.75, 3.05) is 13.1 Å². The lowest BCUT2D eigenvalue weighted by Gasteiger charge is -2.43. The van der Waals surface area contributed by atoms with Gasteiger partial charge < -0.3 is 4.57 Å². The summed E-state index contributed by atoms with van der Waals surface area (Å²) in [5.74, 6) is 0.756. The standard InChI is InChI=1S/C23H21N5O/c24-8-16-2-1-3-17(6-16)11-27-12-18-7-19(14-27)23-21(20-9-25-15-26-10-20)4-5-22(29)28(23)13-18/h1-6,9-10,15,18-19H,7,11-14H2. The van der Waals surface area contributed by atoms with Crippen LogP contribution < -0.4 is 5.56 Å². The van der Waals surface area contributed by atoms with Gasteiger partial charge in [0.15, 0.2) is 0 Å². The fourth-order valence-corrected chi connectivity index (χ4v) is 4.92. The van der Waals surface area contributed by atoms with Crippen LogP contribution in [-0.4, -0.2) is 32.5 Å². The second-order valence-corrected chi connectivity index (χ2v) is 8.01. The van der Waals surface area contributed by atoms with Crippen LogP contribution in [0.5, 0.6) is 0 Å². The van der Waals surface area contributed by atoms with Crippen molar-refractivity contribution in [2.24, 2.45) is 5.92 Å². The molecule has 2 unspecified atom stereocenters. The van der Waals surface area contributed by atoms with Gasteiger partial charge in [-0.15, -0.1) is 0 Å². The van der Waals surface area contributed by atoms with E-state index < -0.39 is 0 Å². The number of nitriles is 1. The predicted molar refractivity (Wildman–Crippen MR) is 109 cm³/mol. The zero-order chi connectivity index (χ0) is 19.8. The molecule has 6 nitrogen and oxygen atoms in total. The van der Waals surface area contributed by atoms with E-state index in [4.69, 9.17) is 5.26 Å². The molecule has 0 N–H and O–H groups in total. The van der Waals surface area contributed by atoms with Gasteiger partial charge in [0.25, 0.3) is 5.56 Å². The SMILES string of the molecule is N#Cc1cccc(CN2CC3CC(C2)c2c(-c4cncnc4)ccc(=O)n2C3)c1. The van der Waals surface area contributed by atoms with Gasteiger partial charge in [0.05, 0.1) is 11.6 Å². The highest BCUT2D eigenvalue weighted by atomic mass is 16.1. The van der Waals surface area contributed by atoms with E-state index in [1.165, 1.54) is 6.33 Å². The van der Waals surface area contributed by atoms with E-state index in [1.807, 2.05) is 41.2 Å². The number of aromatic nitrogens is 3. The van der Waals surface area contributed by atoms with Crippen molar-refractivity contribution in [2.45, 2.75) is 25.4 Å². The first kappa shape index (κ1) is 17.8. The predicted octanol–water partition coefficient (Wildman–Crippen LogP) is 2.80. The molecule has 3 aromatic rings. The fraction of sp³-hybridized carbons (Fsp3) is 0.304. The lowest BCUT2D eigenvalue weighted by Crippen LogP contribution is -2.47. The maximum Gasteiger partial charge on any atom is 0.250 e. The summed E-state index contributed by atoms with van der Waals surface area (Å²) < 4.78 is 1.97. The van der Waals surface area contributed by atoms with Crippen molar-refractivity contribution < 1.29 is 0 Å². The first-order valence-corrected chi connectivity index (χ1v) is 9.92. The molecular formula is C23H21N5O. The number of likely N-dealkylation sites (tertiary alicyclic amines) is 1. The van der Waals surface area contributed by atoms with Crippen LogP contribution in [0.4, 0.5) is 0 Å². The Bertz CT molecular complexity index is 1150. The molecule has 5 rings (SSSR count). The Balaban J connectivity index is 1.49. The van der Waals surface area contributed by atoms with Crippen LogP contribution in [-0.2, 0) is 13.1 Å². The molecule has 0 amide bonds. The van der Waals surface area contributed by atoms with E-state index in [-0.39, 0.29) is 5.56 Å². The first-order valence-electron chi connectivity index (χ1n) is 9.92. The highest BCUT2D eigenvalue weighted by Gasteiger charge is 2.36. The van der Waals surface area contributed by atoms with E-state index in [2.05, 4.69) is 27.0 Å². The average Bonchev–Trinajstić information content (AvgIpc) is 2.75. The highest BCUT2D eigenvalue weighted by Crippen LogP contribution is 2.39. The van der Waals surface area contributed by atoms with Gasteiger partial charge in [0, 0.05) is 67.4 Å². The van der Waals surface area contributed by atoms with E-state index in [0.29, 0.717) is 17.4 Å². The van der Waals surface area contributed by atoms with Crippen molar-refractivity contribution in [3.8, 4) is 17.2 Å². The number of hydrogen-bond acceptors (Lipinski definition) is 5. The minimum atomic E-state index is 0.0745. The van der Waals surface area contributed by atoms with E-state index in [9.17, 15) is 4.79 Å². The molecule has 2 aromatic heterocycles. The maximum atomic E-state index is 12.6. The van der Waals surface area contributed by atoms with Gasteiger partial charge in [0.2, 0.25) is 0 Å². The Labute approximate surface area is 169 Å². The molecule has 4 heterocycles. The largest absolute Gasteiger partial charge is 0.311 e. The summed E-state index contributed by atoms with van der Waals surface area (Å²) in [4.78, 5) is 23.4. The van der Waals surface area contributed by atoms with Gasteiger partial charge in [-0.2, -0.15) is 5.26 Å². The molecule has 29 heavy (non-hydrogen) atoms. The third-order valence-corrected chi connectivity index (χ3v) is 6.00. The van der Waals surface area contributed by atoms with Crippen LogP contribution in [0.25, 0.3) is 11.1 Å². The summed E-state index contributed by atoms with van der Waals surface area (Å²) in [5.41, 5.74) is 5.05. The summed E-state index contributed by atoms with van der Waals surface area (Å²) in [6.45, 7) is 3.44. The molecule has 1 saturated heterocycles. The lowest BCUT2D eigenvalue weighted by molar-refractivity contribution is 0.115. The summed E-state index contributed by atoms with van der Waals surface area (Å²) in [5, 5.41) is 9.17. The number of hydrogen-bond donors (Lipinski definition) is 0. The molecule has 0 aliphatic carbocycles. The number of piperidine rings is 1.